The minimum atomic E-state index is -4.06. The lowest BCUT2D eigenvalue weighted by atomic mass is 10.1. The van der Waals surface area contributed by atoms with Crippen molar-refractivity contribution in [3.8, 4) is 11.3 Å². The van der Waals surface area contributed by atoms with Crippen LogP contribution in [0.3, 0.4) is 0 Å². The van der Waals surface area contributed by atoms with E-state index in [1.807, 2.05) is 0 Å². The summed E-state index contributed by atoms with van der Waals surface area (Å²) in [6.45, 7) is 1.73. The number of halogens is 2. The van der Waals surface area contributed by atoms with Crippen LogP contribution in [0.4, 0.5) is 4.39 Å². The molecule has 0 aliphatic carbocycles. The summed E-state index contributed by atoms with van der Waals surface area (Å²) in [5, 5.41) is 0. The molecule has 2 aromatic heterocycles. The number of hydrogen-bond donors (Lipinski definition) is 0. The van der Waals surface area contributed by atoms with Crippen molar-refractivity contribution in [2.24, 2.45) is 0 Å². The summed E-state index contributed by atoms with van der Waals surface area (Å²) in [7, 11) is -4.06. The number of aryl methyl sites for hydroxylation is 1. The van der Waals surface area contributed by atoms with E-state index < -0.39 is 15.8 Å². The SMILES string of the molecule is Cc1ccc(-c2cc(C=O)cn2S(=O)(=O)c2cncc(Br)c2)c(F)c1. The zero-order valence-corrected chi connectivity index (χ0v) is 15.4. The van der Waals surface area contributed by atoms with Gasteiger partial charge in [-0.3, -0.25) is 9.78 Å². The van der Waals surface area contributed by atoms with E-state index in [0.29, 0.717) is 16.3 Å². The number of carbonyl (C=O) groups is 1. The van der Waals surface area contributed by atoms with Crippen LogP contribution in [-0.4, -0.2) is 23.7 Å². The Hall–Kier alpha value is -2.32. The van der Waals surface area contributed by atoms with E-state index in [0.717, 1.165) is 10.2 Å². The van der Waals surface area contributed by atoms with Gasteiger partial charge in [0.2, 0.25) is 0 Å². The number of aldehydes is 1. The number of rotatable bonds is 4. The molecule has 0 aliphatic heterocycles. The Morgan fingerprint density at radius 2 is 1.96 bits per heavy atom. The van der Waals surface area contributed by atoms with Crippen molar-refractivity contribution >= 4 is 32.2 Å². The average molecular weight is 423 g/mol. The van der Waals surface area contributed by atoms with Gasteiger partial charge in [-0.2, -0.15) is 0 Å². The summed E-state index contributed by atoms with van der Waals surface area (Å²) in [6, 6.07) is 7.19. The maximum Gasteiger partial charge on any atom is 0.269 e. The molecule has 25 heavy (non-hydrogen) atoms. The molecule has 5 nitrogen and oxygen atoms in total. The molecule has 1 aromatic carbocycles. The molecular weight excluding hydrogens is 411 g/mol. The Kier molecular flexibility index (Phi) is 4.57. The number of aromatic nitrogens is 2. The molecule has 0 N–H and O–H groups in total. The second-order valence-electron chi connectivity index (χ2n) is 5.40. The van der Waals surface area contributed by atoms with Gasteiger partial charge < -0.3 is 0 Å². The maximum atomic E-state index is 14.4. The van der Waals surface area contributed by atoms with E-state index in [2.05, 4.69) is 20.9 Å². The molecule has 2 heterocycles. The molecule has 0 aliphatic rings. The topological polar surface area (TPSA) is 69.0 Å². The Morgan fingerprint density at radius 1 is 1.20 bits per heavy atom. The lowest BCUT2D eigenvalue weighted by Gasteiger charge is -2.11. The fourth-order valence-corrected chi connectivity index (χ4v) is 4.28. The van der Waals surface area contributed by atoms with Crippen molar-refractivity contribution in [3.63, 3.8) is 0 Å². The zero-order valence-electron chi connectivity index (χ0n) is 13.0. The molecule has 0 spiro atoms. The summed E-state index contributed by atoms with van der Waals surface area (Å²) >= 11 is 3.18. The molecule has 0 bridgehead atoms. The van der Waals surface area contributed by atoms with Crippen LogP contribution in [0.2, 0.25) is 0 Å². The summed E-state index contributed by atoms with van der Waals surface area (Å²) in [6.07, 6.45) is 4.32. The fraction of sp³-hybridized carbons (Fsp3) is 0.0588. The lowest BCUT2D eigenvalue weighted by molar-refractivity contribution is 0.112. The first kappa shape index (κ1) is 17.5. The highest BCUT2D eigenvalue weighted by Gasteiger charge is 2.23. The lowest BCUT2D eigenvalue weighted by Crippen LogP contribution is -2.14. The van der Waals surface area contributed by atoms with Crippen LogP contribution < -0.4 is 0 Å². The highest BCUT2D eigenvalue weighted by atomic mass is 79.9. The summed E-state index contributed by atoms with van der Waals surface area (Å²) in [5.74, 6) is -0.570. The van der Waals surface area contributed by atoms with Gasteiger partial charge in [-0.1, -0.05) is 6.07 Å². The highest BCUT2D eigenvalue weighted by molar-refractivity contribution is 9.10. The van der Waals surface area contributed by atoms with Crippen molar-refractivity contribution in [3.05, 3.63) is 70.3 Å². The standard InChI is InChI=1S/C17H12BrFN2O3S/c1-11-2-3-15(16(19)4-11)17-5-12(10-22)9-21(17)25(23,24)14-6-13(18)7-20-8-14/h2-10H,1H3. The molecular formula is C17H12BrFN2O3S. The van der Waals surface area contributed by atoms with Gasteiger partial charge in [0.25, 0.3) is 10.0 Å². The van der Waals surface area contributed by atoms with Crippen LogP contribution in [-0.2, 0) is 10.0 Å². The normalized spacial score (nSPS) is 11.5. The first-order chi connectivity index (χ1) is 11.8. The third-order valence-corrected chi connectivity index (χ3v) is 5.65. The van der Waals surface area contributed by atoms with Crippen molar-refractivity contribution in [1.29, 1.82) is 0 Å². The largest absolute Gasteiger partial charge is 0.298 e. The fourth-order valence-electron chi connectivity index (χ4n) is 2.40. The maximum absolute atomic E-state index is 14.4. The Bertz CT molecular complexity index is 1080. The van der Waals surface area contributed by atoms with Crippen LogP contribution in [0.25, 0.3) is 11.3 Å². The van der Waals surface area contributed by atoms with Crippen molar-refractivity contribution in [1.82, 2.24) is 8.96 Å². The van der Waals surface area contributed by atoms with Gasteiger partial charge in [-0.05, 0) is 52.7 Å². The molecule has 0 amide bonds. The van der Waals surface area contributed by atoms with Gasteiger partial charge in [0.15, 0.2) is 6.29 Å². The second-order valence-corrected chi connectivity index (χ2v) is 8.13. The number of carbonyl (C=O) groups excluding carboxylic acids is 1. The van der Waals surface area contributed by atoms with Crippen LogP contribution in [0.15, 0.2) is 58.3 Å². The predicted octanol–water partition coefficient (Wildman–Crippen LogP) is 3.81. The Morgan fingerprint density at radius 3 is 2.60 bits per heavy atom. The Labute approximate surface area is 152 Å². The Balaban J connectivity index is 2.26. The van der Waals surface area contributed by atoms with Crippen LogP contribution in [0, 0.1) is 12.7 Å². The molecule has 0 radical (unpaired) electrons. The molecule has 0 saturated carbocycles. The molecule has 3 aromatic rings. The summed E-state index contributed by atoms with van der Waals surface area (Å²) in [5.41, 5.74) is 0.986. The number of pyridine rings is 1. The molecule has 128 valence electrons. The molecule has 3 rings (SSSR count). The van der Waals surface area contributed by atoms with Crippen LogP contribution >= 0.6 is 15.9 Å². The average Bonchev–Trinajstić information content (AvgIpc) is 3.00. The van der Waals surface area contributed by atoms with Gasteiger partial charge in [-0.15, -0.1) is 0 Å². The van der Waals surface area contributed by atoms with E-state index in [1.54, 1.807) is 13.0 Å². The number of nitrogens with zero attached hydrogens (tertiary/aromatic N) is 2. The summed E-state index contributed by atoms with van der Waals surface area (Å²) in [4.78, 5) is 14.9. The second kappa shape index (κ2) is 6.53. The third-order valence-electron chi connectivity index (χ3n) is 3.58. The van der Waals surface area contributed by atoms with Crippen LogP contribution in [0.5, 0.6) is 0 Å². The minimum absolute atomic E-state index is 0.0691. The summed E-state index contributed by atoms with van der Waals surface area (Å²) < 4.78 is 41.7. The molecule has 0 atom stereocenters. The van der Waals surface area contributed by atoms with E-state index in [9.17, 15) is 17.6 Å². The van der Waals surface area contributed by atoms with Gasteiger partial charge in [0, 0.05) is 34.2 Å². The molecule has 0 saturated heterocycles. The predicted molar refractivity (Wildman–Crippen MR) is 94.5 cm³/mol. The van der Waals surface area contributed by atoms with E-state index in [-0.39, 0.29) is 21.7 Å². The first-order valence-electron chi connectivity index (χ1n) is 7.13. The molecule has 8 heteroatoms. The van der Waals surface area contributed by atoms with E-state index in [4.69, 9.17) is 0 Å². The van der Waals surface area contributed by atoms with E-state index in [1.165, 1.54) is 36.7 Å². The van der Waals surface area contributed by atoms with Crippen molar-refractivity contribution < 1.29 is 17.6 Å². The van der Waals surface area contributed by atoms with Gasteiger partial charge in [0.1, 0.15) is 10.7 Å². The van der Waals surface area contributed by atoms with Crippen molar-refractivity contribution in [2.75, 3.05) is 0 Å². The number of hydrogen-bond acceptors (Lipinski definition) is 4. The molecule has 0 unspecified atom stereocenters. The van der Waals surface area contributed by atoms with E-state index >= 15 is 0 Å². The quantitative estimate of drug-likeness (QED) is 0.599. The van der Waals surface area contributed by atoms with Crippen LogP contribution in [0.1, 0.15) is 15.9 Å². The van der Waals surface area contributed by atoms with Crippen molar-refractivity contribution in [2.45, 2.75) is 11.8 Å². The smallest absolute Gasteiger partial charge is 0.269 e. The highest BCUT2D eigenvalue weighted by Crippen LogP contribution is 2.29. The number of benzene rings is 1. The minimum Gasteiger partial charge on any atom is -0.298 e. The third kappa shape index (κ3) is 3.27. The molecule has 0 fully saturated rings. The van der Waals surface area contributed by atoms with Gasteiger partial charge >= 0.3 is 0 Å². The zero-order chi connectivity index (χ0) is 18.2. The monoisotopic (exact) mass is 422 g/mol. The van der Waals surface area contributed by atoms with Gasteiger partial charge in [-0.25, -0.2) is 16.8 Å². The first-order valence-corrected chi connectivity index (χ1v) is 9.36. The van der Waals surface area contributed by atoms with Gasteiger partial charge in [0.05, 0.1) is 5.69 Å².